The summed E-state index contributed by atoms with van der Waals surface area (Å²) in [5.74, 6) is -0.0750. The van der Waals surface area contributed by atoms with E-state index >= 15 is 0 Å². The number of carbonyl (C=O) groups is 1. The van der Waals surface area contributed by atoms with Gasteiger partial charge in [0, 0.05) is 20.2 Å². The highest BCUT2D eigenvalue weighted by atomic mass is 16.5. The fraction of sp³-hybridized carbons (Fsp3) is 0.875. The monoisotopic (exact) mass is 175 g/mol. The molecule has 0 spiro atoms. The van der Waals surface area contributed by atoms with E-state index in [0.29, 0.717) is 13.1 Å². The summed E-state index contributed by atoms with van der Waals surface area (Å²) in [6.07, 6.45) is -0.420. The minimum Gasteiger partial charge on any atom is -0.395 e. The van der Waals surface area contributed by atoms with Gasteiger partial charge in [-0.1, -0.05) is 0 Å². The molecule has 0 saturated heterocycles. The number of hydrogen-bond donors (Lipinski definition) is 1. The van der Waals surface area contributed by atoms with Gasteiger partial charge in [0.2, 0.25) is 0 Å². The molecule has 0 rings (SSSR count). The van der Waals surface area contributed by atoms with Gasteiger partial charge < -0.3 is 14.7 Å². The maximum atomic E-state index is 11.4. The molecule has 0 aromatic rings. The highest BCUT2D eigenvalue weighted by Gasteiger charge is 2.17. The largest absolute Gasteiger partial charge is 0.395 e. The van der Waals surface area contributed by atoms with Crippen molar-refractivity contribution in [3.05, 3.63) is 0 Å². The molecular formula is C8H17NO3. The molecule has 0 heterocycles. The lowest BCUT2D eigenvalue weighted by Crippen LogP contribution is -2.40. The van der Waals surface area contributed by atoms with Crippen molar-refractivity contribution in [1.82, 2.24) is 4.90 Å². The third kappa shape index (κ3) is 3.19. The van der Waals surface area contributed by atoms with Gasteiger partial charge in [0.25, 0.3) is 5.91 Å². The Bertz CT molecular complexity index is 138. The van der Waals surface area contributed by atoms with Crippen LogP contribution in [-0.4, -0.2) is 48.8 Å². The number of amides is 1. The normalized spacial score (nSPS) is 12.7. The van der Waals surface area contributed by atoms with Crippen LogP contribution < -0.4 is 0 Å². The fourth-order valence-electron chi connectivity index (χ4n) is 0.903. The van der Waals surface area contributed by atoms with Crippen molar-refractivity contribution in [1.29, 1.82) is 0 Å². The zero-order valence-electron chi connectivity index (χ0n) is 7.91. The second kappa shape index (κ2) is 5.97. The average molecular weight is 175 g/mol. The first kappa shape index (κ1) is 11.4. The van der Waals surface area contributed by atoms with E-state index < -0.39 is 6.10 Å². The van der Waals surface area contributed by atoms with Crippen molar-refractivity contribution in [2.45, 2.75) is 20.0 Å². The van der Waals surface area contributed by atoms with E-state index in [2.05, 4.69) is 0 Å². The van der Waals surface area contributed by atoms with E-state index in [1.807, 2.05) is 6.92 Å². The second-order valence-corrected chi connectivity index (χ2v) is 2.52. The minimum atomic E-state index is -0.420. The van der Waals surface area contributed by atoms with Crippen LogP contribution >= 0.6 is 0 Å². The Balaban J connectivity index is 4.01. The molecule has 0 aliphatic rings. The van der Waals surface area contributed by atoms with E-state index in [4.69, 9.17) is 9.84 Å². The topological polar surface area (TPSA) is 49.8 Å². The number of carbonyl (C=O) groups excluding carboxylic acids is 1. The molecule has 0 aliphatic heterocycles. The number of likely N-dealkylation sites (N-methyl/N-ethyl adjacent to an activating group) is 1. The average Bonchev–Trinajstić information content (AvgIpc) is 2.11. The fourth-order valence-corrected chi connectivity index (χ4v) is 0.903. The molecule has 0 radical (unpaired) electrons. The lowest BCUT2D eigenvalue weighted by atomic mass is 10.3. The van der Waals surface area contributed by atoms with Crippen molar-refractivity contribution >= 4 is 5.91 Å². The van der Waals surface area contributed by atoms with Gasteiger partial charge in [-0.3, -0.25) is 4.79 Å². The molecule has 0 aromatic carbocycles. The summed E-state index contributed by atoms with van der Waals surface area (Å²) in [4.78, 5) is 12.9. The zero-order chi connectivity index (χ0) is 9.56. The Hall–Kier alpha value is -0.610. The molecule has 72 valence electrons. The first-order chi connectivity index (χ1) is 5.67. The summed E-state index contributed by atoms with van der Waals surface area (Å²) in [5, 5.41) is 8.64. The third-order valence-corrected chi connectivity index (χ3v) is 1.76. The van der Waals surface area contributed by atoms with Crippen LogP contribution in [-0.2, 0) is 9.53 Å². The number of ether oxygens (including phenoxy) is 1. The molecule has 0 aliphatic carbocycles. The molecule has 0 saturated carbocycles. The van der Waals surface area contributed by atoms with Crippen molar-refractivity contribution in [2.75, 3.05) is 26.8 Å². The highest BCUT2D eigenvalue weighted by molar-refractivity contribution is 5.80. The standard InChI is InChI=1S/C8H17NO3/c1-4-9(5-6-10)8(11)7(2)12-3/h7,10H,4-6H2,1-3H3. The number of nitrogens with zero attached hydrogens (tertiary/aromatic N) is 1. The van der Waals surface area contributed by atoms with E-state index in [0.717, 1.165) is 0 Å². The van der Waals surface area contributed by atoms with Crippen LogP contribution in [0, 0.1) is 0 Å². The molecular weight excluding hydrogens is 158 g/mol. The van der Waals surface area contributed by atoms with Gasteiger partial charge in [-0.2, -0.15) is 0 Å². The predicted molar refractivity (Wildman–Crippen MR) is 45.8 cm³/mol. The number of methoxy groups -OCH3 is 1. The van der Waals surface area contributed by atoms with Crippen molar-refractivity contribution in [3.63, 3.8) is 0 Å². The molecule has 0 fully saturated rings. The van der Waals surface area contributed by atoms with Gasteiger partial charge in [0.05, 0.1) is 6.61 Å². The number of aliphatic hydroxyl groups is 1. The van der Waals surface area contributed by atoms with Crippen molar-refractivity contribution in [3.8, 4) is 0 Å². The lowest BCUT2D eigenvalue weighted by molar-refractivity contribution is -0.141. The molecule has 0 aromatic heterocycles. The van der Waals surface area contributed by atoms with Crippen LogP contribution in [0.5, 0.6) is 0 Å². The van der Waals surface area contributed by atoms with Gasteiger partial charge in [-0.25, -0.2) is 0 Å². The smallest absolute Gasteiger partial charge is 0.251 e. The summed E-state index contributed by atoms with van der Waals surface area (Å²) < 4.78 is 4.87. The summed E-state index contributed by atoms with van der Waals surface area (Å²) in [6.45, 7) is 4.55. The van der Waals surface area contributed by atoms with Crippen LogP contribution in [0.2, 0.25) is 0 Å². The molecule has 4 nitrogen and oxygen atoms in total. The Morgan fingerprint density at radius 1 is 1.67 bits per heavy atom. The van der Waals surface area contributed by atoms with Gasteiger partial charge in [-0.05, 0) is 13.8 Å². The van der Waals surface area contributed by atoms with Gasteiger partial charge >= 0.3 is 0 Å². The summed E-state index contributed by atoms with van der Waals surface area (Å²) in [7, 11) is 1.50. The van der Waals surface area contributed by atoms with E-state index in [-0.39, 0.29) is 12.5 Å². The first-order valence-corrected chi connectivity index (χ1v) is 4.09. The van der Waals surface area contributed by atoms with E-state index in [1.165, 1.54) is 7.11 Å². The molecule has 1 unspecified atom stereocenters. The predicted octanol–water partition coefficient (Wildman–Crippen LogP) is -0.138. The minimum absolute atomic E-state index is 0.00395. The number of rotatable bonds is 5. The lowest BCUT2D eigenvalue weighted by Gasteiger charge is -2.22. The Labute approximate surface area is 73.1 Å². The molecule has 4 heteroatoms. The van der Waals surface area contributed by atoms with Crippen LogP contribution in [0.15, 0.2) is 0 Å². The summed E-state index contributed by atoms with van der Waals surface area (Å²) >= 11 is 0. The maximum Gasteiger partial charge on any atom is 0.251 e. The highest BCUT2D eigenvalue weighted by Crippen LogP contribution is 1.97. The summed E-state index contributed by atoms with van der Waals surface area (Å²) in [5.41, 5.74) is 0. The zero-order valence-corrected chi connectivity index (χ0v) is 7.91. The molecule has 1 amide bonds. The van der Waals surface area contributed by atoms with Gasteiger partial charge in [0.1, 0.15) is 6.10 Å². The van der Waals surface area contributed by atoms with Crippen LogP contribution in [0.4, 0.5) is 0 Å². The SMILES string of the molecule is CCN(CCO)C(=O)C(C)OC. The quantitative estimate of drug-likeness (QED) is 0.633. The Morgan fingerprint density at radius 2 is 2.25 bits per heavy atom. The van der Waals surface area contributed by atoms with E-state index in [9.17, 15) is 4.79 Å². The molecule has 12 heavy (non-hydrogen) atoms. The number of aliphatic hydroxyl groups excluding tert-OH is 1. The van der Waals surface area contributed by atoms with Gasteiger partial charge in [-0.15, -0.1) is 0 Å². The number of hydrogen-bond acceptors (Lipinski definition) is 3. The van der Waals surface area contributed by atoms with Crippen LogP contribution in [0.1, 0.15) is 13.8 Å². The van der Waals surface area contributed by atoms with Crippen molar-refractivity contribution < 1.29 is 14.6 Å². The molecule has 1 atom stereocenters. The summed E-state index contributed by atoms with van der Waals surface area (Å²) in [6, 6.07) is 0. The second-order valence-electron chi connectivity index (χ2n) is 2.52. The van der Waals surface area contributed by atoms with Crippen molar-refractivity contribution in [2.24, 2.45) is 0 Å². The van der Waals surface area contributed by atoms with Crippen LogP contribution in [0.3, 0.4) is 0 Å². The first-order valence-electron chi connectivity index (χ1n) is 4.09. The van der Waals surface area contributed by atoms with E-state index in [1.54, 1.807) is 11.8 Å². The van der Waals surface area contributed by atoms with Crippen LogP contribution in [0.25, 0.3) is 0 Å². The molecule has 0 bridgehead atoms. The Morgan fingerprint density at radius 3 is 2.58 bits per heavy atom. The maximum absolute atomic E-state index is 11.4. The van der Waals surface area contributed by atoms with Gasteiger partial charge in [0.15, 0.2) is 0 Å². The molecule has 1 N–H and O–H groups in total. The Kier molecular flexibility index (Phi) is 5.66. The third-order valence-electron chi connectivity index (χ3n) is 1.76.